The summed E-state index contributed by atoms with van der Waals surface area (Å²) in [4.78, 5) is 16.0. The van der Waals surface area contributed by atoms with Crippen LogP contribution in [-0.2, 0) is 11.2 Å². The average Bonchev–Trinajstić information content (AvgIpc) is 2.43. The average molecular weight is 290 g/mol. The van der Waals surface area contributed by atoms with Crippen LogP contribution in [0.4, 0.5) is 11.4 Å². The second-order valence-corrected chi connectivity index (χ2v) is 4.74. The van der Waals surface area contributed by atoms with E-state index < -0.39 is 0 Å². The van der Waals surface area contributed by atoms with Crippen LogP contribution in [0.5, 0.6) is 0 Å². The molecule has 0 bridgehead atoms. The molecule has 0 radical (unpaired) electrons. The standard InChI is InChI=1S/C15H16ClN3O/c1-2-18-13-6-5-12(16)9-14(13)19-15(20)8-11-4-3-7-17-10-11/h3-7,9-10,18H,2,8H2,1H3,(H,19,20). The normalized spacial score (nSPS) is 10.1. The molecule has 0 spiro atoms. The molecule has 0 saturated carbocycles. The molecular formula is C15H16ClN3O. The number of carbonyl (C=O) groups is 1. The molecule has 0 saturated heterocycles. The van der Waals surface area contributed by atoms with Crippen molar-refractivity contribution < 1.29 is 4.79 Å². The molecule has 5 heteroatoms. The van der Waals surface area contributed by atoms with Crippen molar-refractivity contribution in [3.05, 3.63) is 53.3 Å². The van der Waals surface area contributed by atoms with E-state index in [0.29, 0.717) is 10.7 Å². The summed E-state index contributed by atoms with van der Waals surface area (Å²) in [5, 5.41) is 6.64. The number of hydrogen-bond acceptors (Lipinski definition) is 3. The van der Waals surface area contributed by atoms with Crippen LogP contribution in [0.25, 0.3) is 0 Å². The topological polar surface area (TPSA) is 54.0 Å². The zero-order chi connectivity index (χ0) is 14.4. The first kappa shape index (κ1) is 14.3. The van der Waals surface area contributed by atoms with E-state index in [0.717, 1.165) is 17.8 Å². The van der Waals surface area contributed by atoms with Crippen LogP contribution in [0.1, 0.15) is 12.5 Å². The summed E-state index contributed by atoms with van der Waals surface area (Å²) in [7, 11) is 0. The van der Waals surface area contributed by atoms with Crippen LogP contribution in [0, 0.1) is 0 Å². The van der Waals surface area contributed by atoms with E-state index in [2.05, 4.69) is 15.6 Å². The van der Waals surface area contributed by atoms with Gasteiger partial charge >= 0.3 is 0 Å². The zero-order valence-electron chi connectivity index (χ0n) is 11.2. The molecule has 1 amide bonds. The van der Waals surface area contributed by atoms with E-state index in [1.54, 1.807) is 24.5 Å². The number of benzene rings is 1. The monoisotopic (exact) mass is 289 g/mol. The van der Waals surface area contributed by atoms with Gasteiger partial charge in [-0.2, -0.15) is 0 Å². The Bertz CT molecular complexity index is 587. The maximum Gasteiger partial charge on any atom is 0.228 e. The van der Waals surface area contributed by atoms with Crippen LogP contribution >= 0.6 is 11.6 Å². The van der Waals surface area contributed by atoms with Gasteiger partial charge < -0.3 is 10.6 Å². The lowest BCUT2D eigenvalue weighted by molar-refractivity contribution is -0.115. The molecule has 0 aliphatic carbocycles. The maximum atomic E-state index is 12.0. The first-order valence-corrected chi connectivity index (χ1v) is 6.79. The van der Waals surface area contributed by atoms with Crippen LogP contribution < -0.4 is 10.6 Å². The molecule has 1 aromatic carbocycles. The second-order valence-electron chi connectivity index (χ2n) is 4.31. The van der Waals surface area contributed by atoms with Gasteiger partial charge in [0.25, 0.3) is 0 Å². The summed E-state index contributed by atoms with van der Waals surface area (Å²) in [6.45, 7) is 2.77. The first-order valence-electron chi connectivity index (χ1n) is 6.41. The Balaban J connectivity index is 2.09. The summed E-state index contributed by atoms with van der Waals surface area (Å²) in [5.74, 6) is -0.0978. The van der Waals surface area contributed by atoms with E-state index in [9.17, 15) is 4.79 Å². The fraction of sp³-hybridized carbons (Fsp3) is 0.200. The first-order chi connectivity index (χ1) is 9.69. The van der Waals surface area contributed by atoms with Gasteiger partial charge in [-0.05, 0) is 36.8 Å². The molecule has 104 valence electrons. The summed E-state index contributed by atoms with van der Waals surface area (Å²) >= 11 is 5.97. The fourth-order valence-electron chi connectivity index (χ4n) is 1.85. The third-order valence-electron chi connectivity index (χ3n) is 2.71. The second kappa shape index (κ2) is 6.91. The Labute approximate surface area is 123 Å². The minimum Gasteiger partial charge on any atom is -0.384 e. The molecule has 4 nitrogen and oxygen atoms in total. The van der Waals surface area contributed by atoms with Gasteiger partial charge in [0, 0.05) is 24.0 Å². The summed E-state index contributed by atoms with van der Waals surface area (Å²) in [5.41, 5.74) is 2.42. The molecule has 20 heavy (non-hydrogen) atoms. The van der Waals surface area contributed by atoms with E-state index >= 15 is 0 Å². The lowest BCUT2D eigenvalue weighted by atomic mass is 10.2. The Morgan fingerprint density at radius 1 is 1.30 bits per heavy atom. The van der Waals surface area contributed by atoms with Crippen molar-refractivity contribution in [2.75, 3.05) is 17.2 Å². The maximum absolute atomic E-state index is 12.0. The lowest BCUT2D eigenvalue weighted by Gasteiger charge is -2.12. The van der Waals surface area contributed by atoms with Crippen molar-refractivity contribution >= 4 is 28.9 Å². The van der Waals surface area contributed by atoms with Crippen LogP contribution in [0.2, 0.25) is 5.02 Å². The van der Waals surface area contributed by atoms with Gasteiger partial charge in [-0.15, -0.1) is 0 Å². The fourth-order valence-corrected chi connectivity index (χ4v) is 2.02. The number of carbonyl (C=O) groups excluding carboxylic acids is 1. The Morgan fingerprint density at radius 3 is 2.85 bits per heavy atom. The highest BCUT2D eigenvalue weighted by Gasteiger charge is 2.08. The van der Waals surface area contributed by atoms with Crippen LogP contribution in [0.15, 0.2) is 42.7 Å². The molecule has 1 aromatic heterocycles. The third kappa shape index (κ3) is 3.96. The van der Waals surface area contributed by atoms with Crippen molar-refractivity contribution in [1.29, 1.82) is 0 Å². The molecule has 2 N–H and O–H groups in total. The highest BCUT2D eigenvalue weighted by atomic mass is 35.5. The Morgan fingerprint density at radius 2 is 2.15 bits per heavy atom. The van der Waals surface area contributed by atoms with Crippen molar-refractivity contribution in [3.63, 3.8) is 0 Å². The molecule has 2 aromatic rings. The van der Waals surface area contributed by atoms with Gasteiger partial charge in [0.1, 0.15) is 0 Å². The van der Waals surface area contributed by atoms with Gasteiger partial charge in [-0.25, -0.2) is 0 Å². The summed E-state index contributed by atoms with van der Waals surface area (Å²) in [6.07, 6.45) is 3.65. The van der Waals surface area contributed by atoms with Crippen molar-refractivity contribution in [2.45, 2.75) is 13.3 Å². The van der Waals surface area contributed by atoms with Crippen molar-refractivity contribution in [2.24, 2.45) is 0 Å². The van der Waals surface area contributed by atoms with Gasteiger partial charge in [0.15, 0.2) is 0 Å². The minimum absolute atomic E-state index is 0.0978. The van der Waals surface area contributed by atoms with E-state index in [1.165, 1.54) is 0 Å². The quantitative estimate of drug-likeness (QED) is 0.887. The van der Waals surface area contributed by atoms with Gasteiger partial charge in [0.05, 0.1) is 17.8 Å². The number of anilines is 2. The highest BCUT2D eigenvalue weighted by molar-refractivity contribution is 6.31. The molecule has 0 aliphatic heterocycles. The number of halogens is 1. The minimum atomic E-state index is -0.0978. The number of hydrogen-bond donors (Lipinski definition) is 2. The zero-order valence-corrected chi connectivity index (χ0v) is 11.9. The molecule has 2 rings (SSSR count). The molecule has 0 fully saturated rings. The summed E-state index contributed by atoms with van der Waals surface area (Å²) < 4.78 is 0. The largest absolute Gasteiger partial charge is 0.384 e. The molecular weight excluding hydrogens is 274 g/mol. The van der Waals surface area contributed by atoms with Crippen LogP contribution in [-0.4, -0.2) is 17.4 Å². The number of nitrogens with one attached hydrogen (secondary N) is 2. The predicted molar refractivity (Wildman–Crippen MR) is 82.2 cm³/mol. The number of nitrogens with zero attached hydrogens (tertiary/aromatic N) is 1. The highest BCUT2D eigenvalue weighted by Crippen LogP contribution is 2.25. The number of pyridine rings is 1. The van der Waals surface area contributed by atoms with E-state index in [-0.39, 0.29) is 12.3 Å². The number of rotatable bonds is 5. The number of amides is 1. The van der Waals surface area contributed by atoms with E-state index in [1.807, 2.05) is 25.1 Å². The van der Waals surface area contributed by atoms with Crippen LogP contribution in [0.3, 0.4) is 0 Å². The summed E-state index contributed by atoms with van der Waals surface area (Å²) in [6, 6.07) is 9.06. The molecule has 0 aliphatic rings. The van der Waals surface area contributed by atoms with Crippen molar-refractivity contribution in [3.8, 4) is 0 Å². The SMILES string of the molecule is CCNc1ccc(Cl)cc1NC(=O)Cc1cccnc1. The third-order valence-corrected chi connectivity index (χ3v) is 2.95. The lowest BCUT2D eigenvalue weighted by Crippen LogP contribution is -2.16. The molecule has 1 heterocycles. The van der Waals surface area contributed by atoms with Gasteiger partial charge in [-0.1, -0.05) is 17.7 Å². The Kier molecular flexibility index (Phi) is 4.96. The molecule has 0 atom stereocenters. The predicted octanol–water partition coefficient (Wildman–Crippen LogP) is 3.35. The smallest absolute Gasteiger partial charge is 0.228 e. The van der Waals surface area contributed by atoms with Gasteiger partial charge in [0.2, 0.25) is 5.91 Å². The van der Waals surface area contributed by atoms with Crippen molar-refractivity contribution in [1.82, 2.24) is 4.98 Å². The van der Waals surface area contributed by atoms with E-state index in [4.69, 9.17) is 11.6 Å². The Hall–Kier alpha value is -2.07. The number of aromatic nitrogens is 1. The molecule has 0 unspecified atom stereocenters. The van der Waals surface area contributed by atoms with Gasteiger partial charge in [-0.3, -0.25) is 9.78 Å².